The zero-order valence-electron chi connectivity index (χ0n) is 14.0. The monoisotopic (exact) mass is 323 g/mol. The number of hydrogen-bond donors (Lipinski definition) is 2. The number of nitrogens with two attached hydrogens (primary N) is 2. The fourth-order valence-corrected chi connectivity index (χ4v) is 4.08. The van der Waals surface area contributed by atoms with Gasteiger partial charge in [0.15, 0.2) is 0 Å². The van der Waals surface area contributed by atoms with Crippen LogP contribution in [0.4, 0.5) is 11.8 Å². The summed E-state index contributed by atoms with van der Waals surface area (Å²) in [6.07, 6.45) is 5.58. The van der Waals surface area contributed by atoms with Crippen LogP contribution in [0.15, 0.2) is 24.3 Å². The number of anilines is 2. The van der Waals surface area contributed by atoms with Gasteiger partial charge >= 0.3 is 0 Å². The predicted molar refractivity (Wildman–Crippen MR) is 97.9 cm³/mol. The first-order valence-electron chi connectivity index (χ1n) is 8.96. The lowest BCUT2D eigenvalue weighted by molar-refractivity contribution is 0.421. The van der Waals surface area contributed by atoms with Gasteiger partial charge in [-0.3, -0.25) is 0 Å². The summed E-state index contributed by atoms with van der Waals surface area (Å²) < 4.78 is 0. The van der Waals surface area contributed by atoms with Gasteiger partial charge in [0.1, 0.15) is 5.82 Å². The zero-order chi connectivity index (χ0) is 16.5. The van der Waals surface area contributed by atoms with Crippen molar-refractivity contribution < 1.29 is 0 Å². The molecule has 1 aromatic heterocycles. The minimum atomic E-state index is 0.371. The first-order valence-corrected chi connectivity index (χ1v) is 8.96. The summed E-state index contributed by atoms with van der Waals surface area (Å²) >= 11 is 0. The molecule has 5 nitrogen and oxygen atoms in total. The van der Waals surface area contributed by atoms with Crippen molar-refractivity contribution in [3.63, 3.8) is 0 Å². The average molecular weight is 323 g/mol. The maximum absolute atomic E-state index is 6.09. The molecule has 2 heterocycles. The van der Waals surface area contributed by atoms with E-state index in [4.69, 9.17) is 11.5 Å². The second kappa shape index (κ2) is 6.40. The highest BCUT2D eigenvalue weighted by Crippen LogP contribution is 2.36. The van der Waals surface area contributed by atoms with Crippen LogP contribution in [-0.2, 0) is 12.8 Å². The van der Waals surface area contributed by atoms with Gasteiger partial charge < -0.3 is 16.4 Å². The molecule has 4 N–H and O–H groups in total. The molecule has 1 saturated heterocycles. The zero-order valence-corrected chi connectivity index (χ0v) is 14.0. The lowest BCUT2D eigenvalue weighted by Crippen LogP contribution is -2.39. The van der Waals surface area contributed by atoms with E-state index in [9.17, 15) is 0 Å². The summed E-state index contributed by atoms with van der Waals surface area (Å²) in [5, 5.41) is 0. The van der Waals surface area contributed by atoms with Crippen molar-refractivity contribution in [1.29, 1.82) is 0 Å². The van der Waals surface area contributed by atoms with E-state index in [1.165, 1.54) is 23.1 Å². The Morgan fingerprint density at radius 2 is 2.00 bits per heavy atom. The van der Waals surface area contributed by atoms with E-state index in [-0.39, 0.29) is 0 Å². The number of benzene rings is 1. The van der Waals surface area contributed by atoms with E-state index in [2.05, 4.69) is 39.1 Å². The summed E-state index contributed by atoms with van der Waals surface area (Å²) in [5.41, 5.74) is 16.9. The van der Waals surface area contributed by atoms with E-state index in [0.717, 1.165) is 56.8 Å². The summed E-state index contributed by atoms with van der Waals surface area (Å²) in [4.78, 5) is 11.7. The van der Waals surface area contributed by atoms with Crippen LogP contribution in [0.25, 0.3) is 11.3 Å². The standard InChI is InChI=1S/C19H25N5/c20-11-13-5-4-10-24(12-13)18-16-9-3-7-14-6-1-2-8-15(14)17(16)22-19(21)23-18/h1-2,6,8,13H,3-5,7,9-12,20H2,(H2,21,22,23). The lowest BCUT2D eigenvalue weighted by atomic mass is 9.97. The topological polar surface area (TPSA) is 81.1 Å². The van der Waals surface area contributed by atoms with Crippen LogP contribution in [-0.4, -0.2) is 29.6 Å². The fourth-order valence-electron chi connectivity index (χ4n) is 4.08. The molecule has 0 amide bonds. The predicted octanol–water partition coefficient (Wildman–Crippen LogP) is 2.39. The quantitative estimate of drug-likeness (QED) is 0.887. The van der Waals surface area contributed by atoms with E-state index in [1.807, 2.05) is 0 Å². The van der Waals surface area contributed by atoms with Gasteiger partial charge in [0.25, 0.3) is 0 Å². The molecule has 0 radical (unpaired) electrons. The number of fused-ring (bicyclic) bond motifs is 3. The third kappa shape index (κ3) is 2.73. The van der Waals surface area contributed by atoms with E-state index < -0.39 is 0 Å². The summed E-state index contributed by atoms with van der Waals surface area (Å²) in [5.74, 6) is 1.95. The Balaban J connectivity index is 1.82. The van der Waals surface area contributed by atoms with Crippen LogP contribution >= 0.6 is 0 Å². The molecule has 2 aromatic rings. The SMILES string of the molecule is NCC1CCCN(c2nc(N)nc3c2CCCc2ccccc2-3)C1. The van der Waals surface area contributed by atoms with Crippen molar-refractivity contribution in [2.45, 2.75) is 32.1 Å². The Hall–Kier alpha value is -2.14. The molecule has 1 fully saturated rings. The third-order valence-corrected chi connectivity index (χ3v) is 5.30. The molecule has 1 aliphatic carbocycles. The molecule has 126 valence electrons. The van der Waals surface area contributed by atoms with Gasteiger partial charge in [0.05, 0.1) is 5.69 Å². The molecule has 5 heteroatoms. The first-order chi connectivity index (χ1) is 11.8. The number of nitrogens with zero attached hydrogens (tertiary/aromatic N) is 3. The highest BCUT2D eigenvalue weighted by atomic mass is 15.2. The van der Waals surface area contributed by atoms with Crippen LogP contribution in [0.1, 0.15) is 30.4 Å². The van der Waals surface area contributed by atoms with Gasteiger partial charge in [-0.05, 0) is 50.1 Å². The molecule has 0 saturated carbocycles. The number of nitrogen functional groups attached to an aromatic ring is 1. The number of piperidine rings is 1. The molecule has 1 unspecified atom stereocenters. The third-order valence-electron chi connectivity index (χ3n) is 5.30. The molecule has 0 spiro atoms. The first kappa shape index (κ1) is 15.4. The highest BCUT2D eigenvalue weighted by molar-refractivity contribution is 5.74. The van der Waals surface area contributed by atoms with Crippen LogP contribution in [0.5, 0.6) is 0 Å². The smallest absolute Gasteiger partial charge is 0.222 e. The number of hydrogen-bond acceptors (Lipinski definition) is 5. The minimum Gasteiger partial charge on any atom is -0.368 e. The van der Waals surface area contributed by atoms with Crippen molar-refractivity contribution >= 4 is 11.8 Å². The molecule has 0 bridgehead atoms. The molecule has 1 aromatic carbocycles. The van der Waals surface area contributed by atoms with Crippen molar-refractivity contribution in [3.8, 4) is 11.3 Å². The molecule has 1 aliphatic heterocycles. The van der Waals surface area contributed by atoms with Gasteiger partial charge in [-0.1, -0.05) is 24.3 Å². The van der Waals surface area contributed by atoms with E-state index >= 15 is 0 Å². The molecular weight excluding hydrogens is 298 g/mol. The van der Waals surface area contributed by atoms with Gasteiger partial charge in [0.2, 0.25) is 5.95 Å². The Morgan fingerprint density at radius 1 is 1.12 bits per heavy atom. The summed E-state index contributed by atoms with van der Waals surface area (Å²) in [6, 6.07) is 8.55. The average Bonchev–Trinajstić information content (AvgIpc) is 2.81. The summed E-state index contributed by atoms with van der Waals surface area (Å²) in [6.45, 7) is 2.74. The largest absolute Gasteiger partial charge is 0.368 e. The Kier molecular flexibility index (Phi) is 4.10. The minimum absolute atomic E-state index is 0.371. The fraction of sp³-hybridized carbons (Fsp3) is 0.474. The Labute approximate surface area is 143 Å². The van der Waals surface area contributed by atoms with E-state index in [0.29, 0.717) is 11.9 Å². The van der Waals surface area contributed by atoms with Crippen LogP contribution in [0.3, 0.4) is 0 Å². The van der Waals surface area contributed by atoms with Crippen molar-refractivity contribution in [3.05, 3.63) is 35.4 Å². The number of aryl methyl sites for hydroxylation is 1. The van der Waals surface area contributed by atoms with E-state index in [1.54, 1.807) is 0 Å². The van der Waals surface area contributed by atoms with Gasteiger partial charge in [0, 0.05) is 24.2 Å². The lowest BCUT2D eigenvalue weighted by Gasteiger charge is -2.34. The molecular formula is C19H25N5. The highest BCUT2D eigenvalue weighted by Gasteiger charge is 2.26. The van der Waals surface area contributed by atoms with Crippen LogP contribution in [0, 0.1) is 5.92 Å². The maximum Gasteiger partial charge on any atom is 0.222 e. The maximum atomic E-state index is 6.09. The Morgan fingerprint density at radius 3 is 2.88 bits per heavy atom. The molecule has 2 aliphatic rings. The van der Waals surface area contributed by atoms with Crippen molar-refractivity contribution in [2.75, 3.05) is 30.3 Å². The van der Waals surface area contributed by atoms with Crippen LogP contribution < -0.4 is 16.4 Å². The van der Waals surface area contributed by atoms with Gasteiger partial charge in [-0.2, -0.15) is 4.98 Å². The Bertz CT molecular complexity index is 743. The number of aromatic nitrogens is 2. The second-order valence-electron chi connectivity index (χ2n) is 6.93. The number of rotatable bonds is 2. The normalized spacial score (nSPS) is 20.2. The van der Waals surface area contributed by atoms with Crippen molar-refractivity contribution in [1.82, 2.24) is 9.97 Å². The molecule has 4 rings (SSSR count). The van der Waals surface area contributed by atoms with Gasteiger partial charge in [-0.15, -0.1) is 0 Å². The summed E-state index contributed by atoms with van der Waals surface area (Å²) in [7, 11) is 0. The second-order valence-corrected chi connectivity index (χ2v) is 6.93. The molecule has 24 heavy (non-hydrogen) atoms. The van der Waals surface area contributed by atoms with Crippen LogP contribution in [0.2, 0.25) is 0 Å². The van der Waals surface area contributed by atoms with Gasteiger partial charge in [-0.25, -0.2) is 4.98 Å². The molecule has 1 atom stereocenters. The van der Waals surface area contributed by atoms with Crippen molar-refractivity contribution in [2.24, 2.45) is 11.7 Å².